The normalized spacial score (nSPS) is 21.3. The summed E-state index contributed by atoms with van der Waals surface area (Å²) in [7, 11) is 0. The van der Waals surface area contributed by atoms with E-state index in [-0.39, 0.29) is 43.4 Å². The quantitative estimate of drug-likeness (QED) is 0.632. The van der Waals surface area contributed by atoms with Gasteiger partial charge in [0.2, 0.25) is 0 Å². The van der Waals surface area contributed by atoms with Crippen molar-refractivity contribution in [1.82, 2.24) is 14.9 Å². The fourth-order valence-electron chi connectivity index (χ4n) is 3.03. The first-order valence-electron chi connectivity index (χ1n) is 11.9. The Morgan fingerprint density at radius 2 is 2.07 bits per heavy atom. The van der Waals surface area contributed by atoms with Gasteiger partial charge in [-0.1, -0.05) is 13.8 Å². The molecule has 0 spiro atoms. The number of fused-ring (bicyclic) bond motifs is 1. The average molecular weight is 409 g/mol. The number of thiophene rings is 1. The van der Waals surface area contributed by atoms with Crippen LogP contribution in [-0.4, -0.2) is 34.0 Å². The molecule has 0 unspecified atom stereocenters. The lowest BCUT2D eigenvalue weighted by Crippen LogP contribution is -2.38. The van der Waals surface area contributed by atoms with Crippen LogP contribution in [0, 0.1) is 11.6 Å². The van der Waals surface area contributed by atoms with E-state index >= 15 is 0 Å². The van der Waals surface area contributed by atoms with E-state index in [1.807, 2.05) is 0 Å². The summed E-state index contributed by atoms with van der Waals surface area (Å²) < 4.78 is 78.6. The maximum absolute atomic E-state index is 13.7. The van der Waals surface area contributed by atoms with Gasteiger partial charge in [-0.3, -0.25) is 4.90 Å². The van der Waals surface area contributed by atoms with E-state index in [0.29, 0.717) is 21.2 Å². The summed E-state index contributed by atoms with van der Waals surface area (Å²) in [6.07, 6.45) is 1.40. The SMILES string of the molecule is [2H]c1c(C([2H])(C)C)sc2ncnc(N([2H])C3([2H])CCN(C([2H])([2H])c4cc(F)cc(F)c4)CC3)c12. The van der Waals surface area contributed by atoms with Gasteiger partial charge in [0.1, 0.15) is 28.6 Å². The topological polar surface area (TPSA) is 41.1 Å². The fourth-order valence-corrected chi connectivity index (χ4v) is 3.93. The molecule has 1 aromatic carbocycles. The second-order valence-electron chi connectivity index (χ2n) is 6.87. The lowest BCUT2D eigenvalue weighted by molar-refractivity contribution is 0.211. The van der Waals surface area contributed by atoms with Crippen LogP contribution < -0.4 is 5.31 Å². The monoisotopic (exact) mass is 408 g/mol. The maximum atomic E-state index is 13.7. The highest BCUT2D eigenvalue weighted by Crippen LogP contribution is 2.33. The fraction of sp³-hybridized carbons (Fsp3) is 0.429. The number of nitrogens with zero attached hydrogens (tertiary/aromatic N) is 3. The van der Waals surface area contributed by atoms with E-state index in [1.54, 1.807) is 13.8 Å². The molecule has 7 heteroatoms. The summed E-state index contributed by atoms with van der Waals surface area (Å²) >= 11 is 1.20. The van der Waals surface area contributed by atoms with Gasteiger partial charge in [-0.05, 0) is 42.5 Å². The molecule has 2 aromatic heterocycles. The predicted molar refractivity (Wildman–Crippen MR) is 110 cm³/mol. The average Bonchev–Trinajstić information content (AvgIpc) is 3.10. The molecule has 1 aliphatic heterocycles. The van der Waals surface area contributed by atoms with Crippen molar-refractivity contribution in [3.8, 4) is 0 Å². The smallest absolute Gasteiger partial charge is 0.162 e. The first-order valence-corrected chi connectivity index (χ1v) is 9.81. The minimum absolute atomic E-state index is 0.0631. The molecule has 1 saturated heterocycles. The molecule has 28 heavy (non-hydrogen) atoms. The molecule has 3 aromatic rings. The molecule has 0 saturated carbocycles. The van der Waals surface area contributed by atoms with Gasteiger partial charge in [-0.25, -0.2) is 18.7 Å². The van der Waals surface area contributed by atoms with Crippen LogP contribution in [0.5, 0.6) is 0 Å². The second-order valence-corrected chi connectivity index (χ2v) is 7.87. The Morgan fingerprint density at radius 1 is 1.36 bits per heavy atom. The molecule has 4 nitrogen and oxygen atoms in total. The van der Waals surface area contributed by atoms with Crippen molar-refractivity contribution in [1.29, 1.82) is 0 Å². The van der Waals surface area contributed by atoms with Crippen LogP contribution >= 0.6 is 11.3 Å². The molecule has 3 heterocycles. The Balaban J connectivity index is 1.60. The van der Waals surface area contributed by atoms with Crippen LogP contribution in [0.2, 0.25) is 1.41 Å². The lowest BCUT2D eigenvalue weighted by atomic mass is 10.0. The van der Waals surface area contributed by atoms with Gasteiger partial charge in [-0.15, -0.1) is 11.3 Å². The third-order valence-corrected chi connectivity index (χ3v) is 5.66. The van der Waals surface area contributed by atoms with Gasteiger partial charge in [0, 0.05) is 40.7 Å². The van der Waals surface area contributed by atoms with Crippen molar-refractivity contribution in [2.45, 2.75) is 45.1 Å². The van der Waals surface area contributed by atoms with Crippen molar-refractivity contribution in [2.24, 2.45) is 0 Å². The Bertz CT molecular complexity index is 1200. The van der Waals surface area contributed by atoms with Gasteiger partial charge in [0.15, 0.2) is 1.41 Å². The van der Waals surface area contributed by atoms with Gasteiger partial charge in [-0.2, -0.15) is 0 Å². The van der Waals surface area contributed by atoms with Crippen molar-refractivity contribution >= 4 is 27.4 Å². The van der Waals surface area contributed by atoms with Crippen LogP contribution in [0.3, 0.4) is 0 Å². The number of benzene rings is 1. The van der Waals surface area contributed by atoms with Crippen LogP contribution in [-0.2, 0) is 6.50 Å². The van der Waals surface area contributed by atoms with E-state index in [1.165, 1.54) is 22.6 Å². The van der Waals surface area contributed by atoms with E-state index in [0.717, 1.165) is 17.4 Å². The van der Waals surface area contributed by atoms with Crippen molar-refractivity contribution in [2.75, 3.05) is 18.4 Å². The van der Waals surface area contributed by atoms with E-state index < -0.39 is 30.0 Å². The number of rotatable bonds is 5. The predicted octanol–water partition coefficient (Wildman–Crippen LogP) is 5.17. The molecule has 148 valence electrons. The Kier molecular flexibility index (Phi) is 3.80. The van der Waals surface area contributed by atoms with Gasteiger partial charge >= 0.3 is 0 Å². The summed E-state index contributed by atoms with van der Waals surface area (Å²) in [5, 5.41) is 1.26. The highest BCUT2D eigenvalue weighted by atomic mass is 32.1. The molecule has 0 aliphatic carbocycles. The zero-order valence-corrected chi connectivity index (χ0v) is 16.4. The molecular weight excluding hydrogens is 378 g/mol. The third kappa shape index (κ3) is 4.31. The minimum atomic E-state index is -2.16. The maximum Gasteiger partial charge on any atom is 0.162 e. The molecule has 0 atom stereocenters. The number of likely N-dealkylation sites (tertiary alicyclic amines) is 1. The van der Waals surface area contributed by atoms with Crippen LogP contribution in [0.25, 0.3) is 10.2 Å². The highest BCUT2D eigenvalue weighted by Gasteiger charge is 2.21. The zero-order chi connectivity index (χ0) is 25.1. The summed E-state index contributed by atoms with van der Waals surface area (Å²) in [5.74, 6) is -2.67. The second kappa shape index (κ2) is 8.09. The van der Waals surface area contributed by atoms with Crippen molar-refractivity contribution < 1.29 is 17.0 Å². The molecule has 0 bridgehead atoms. The standard InChI is InChI=1S/C21H24F2N4S/c1-13(2)19-10-18-20(24-12-25-21(18)28-19)26-17-3-5-27(6-4-17)11-14-7-15(22)9-16(23)8-14/h7-10,12-13,17H,3-6,11H2,1-2H3,(H,24,25,26)/i10D,11D2,13D,17D/hD. The zero-order valence-electron chi connectivity index (χ0n) is 21.6. The number of hydrogen-bond acceptors (Lipinski definition) is 5. The molecule has 4 rings (SSSR count). The summed E-state index contributed by atoms with van der Waals surface area (Å²) in [5.41, 5.74) is -0.148. The van der Waals surface area contributed by atoms with E-state index in [2.05, 4.69) is 9.97 Å². The van der Waals surface area contributed by atoms with E-state index in [9.17, 15) is 8.78 Å². The highest BCUT2D eigenvalue weighted by molar-refractivity contribution is 7.18. The number of anilines is 1. The number of aromatic nitrogens is 2. The van der Waals surface area contributed by atoms with Crippen molar-refractivity contribution in [3.63, 3.8) is 0 Å². The summed E-state index contributed by atoms with van der Waals surface area (Å²) in [4.78, 5) is 10.7. The Labute approximate surface area is 176 Å². The molecule has 0 amide bonds. The van der Waals surface area contributed by atoms with E-state index in [4.69, 9.17) is 8.27 Å². The lowest BCUT2D eigenvalue weighted by Gasteiger charge is -2.32. The molecule has 0 radical (unpaired) electrons. The molecule has 1 N–H and O–H groups in total. The molecule has 1 fully saturated rings. The van der Waals surface area contributed by atoms with Gasteiger partial charge in [0.05, 0.1) is 8.13 Å². The number of piperidine rings is 1. The number of halogens is 2. The Morgan fingerprint density at radius 3 is 2.75 bits per heavy atom. The van der Waals surface area contributed by atoms with Crippen molar-refractivity contribution in [3.05, 3.63) is 52.6 Å². The first kappa shape index (κ1) is 13.2. The van der Waals surface area contributed by atoms with Crippen LogP contribution in [0.1, 0.15) is 49.9 Å². The third-order valence-electron chi connectivity index (χ3n) is 4.44. The van der Waals surface area contributed by atoms with Gasteiger partial charge < -0.3 is 5.31 Å². The summed E-state index contributed by atoms with van der Waals surface area (Å²) in [6, 6.07) is 1.20. The number of nitrogens with one attached hydrogen (secondary N) is 1. The summed E-state index contributed by atoms with van der Waals surface area (Å²) in [6.45, 7) is 1.32. The van der Waals surface area contributed by atoms with Crippen LogP contribution in [0.15, 0.2) is 30.6 Å². The minimum Gasteiger partial charge on any atom is -0.367 e. The first-order chi connectivity index (χ1) is 15.7. The van der Waals surface area contributed by atoms with Crippen LogP contribution in [0.4, 0.5) is 14.6 Å². The largest absolute Gasteiger partial charge is 0.367 e. The Hall–Kier alpha value is -2.12. The molecular formula is C21H24F2N4S. The van der Waals surface area contributed by atoms with Gasteiger partial charge in [0.25, 0.3) is 0 Å². The number of hydrogen-bond donors (Lipinski definition) is 1. The molecule has 1 aliphatic rings.